The van der Waals surface area contributed by atoms with Crippen LogP contribution in [0.5, 0.6) is 11.5 Å². The molecule has 0 aliphatic rings. The van der Waals surface area contributed by atoms with Crippen LogP contribution in [-0.2, 0) is 0 Å². The first-order valence-corrected chi connectivity index (χ1v) is 11.1. The van der Waals surface area contributed by atoms with Crippen LogP contribution < -0.4 is 14.8 Å². The maximum atomic E-state index is 13.0. The number of fused-ring (bicyclic) bond motifs is 1. The number of anilines is 1. The Kier molecular flexibility index (Phi) is 6.31. The standard InChI is InChI=1S/C26H28N4O3/c1-6-32-22-13-12-19(14-23(22)33-7-2)24-17(4)29-30-18(5)20(15-27-25(24)30)26(31)28-21-11-9-8-10-16(21)3/h8-15H,6-7H2,1-5H3,(H,28,31). The molecule has 0 fully saturated rings. The quantitative estimate of drug-likeness (QED) is 0.415. The second-order valence-corrected chi connectivity index (χ2v) is 7.75. The maximum Gasteiger partial charge on any atom is 0.259 e. The molecule has 170 valence electrons. The average molecular weight is 445 g/mol. The van der Waals surface area contributed by atoms with Crippen molar-refractivity contribution in [2.75, 3.05) is 18.5 Å². The van der Waals surface area contributed by atoms with Crippen LogP contribution in [0.4, 0.5) is 5.69 Å². The molecule has 0 aliphatic heterocycles. The highest BCUT2D eigenvalue weighted by molar-refractivity contribution is 6.05. The first-order chi connectivity index (χ1) is 15.9. The lowest BCUT2D eigenvalue weighted by atomic mass is 10.1. The lowest BCUT2D eigenvalue weighted by molar-refractivity contribution is 0.102. The molecule has 0 saturated carbocycles. The normalized spacial score (nSPS) is 10.9. The third kappa shape index (κ3) is 4.26. The van der Waals surface area contributed by atoms with E-state index in [0.29, 0.717) is 35.9 Å². The summed E-state index contributed by atoms with van der Waals surface area (Å²) in [4.78, 5) is 17.6. The molecule has 33 heavy (non-hydrogen) atoms. The van der Waals surface area contributed by atoms with Crippen LogP contribution in [0.2, 0.25) is 0 Å². The Morgan fingerprint density at radius 3 is 2.45 bits per heavy atom. The summed E-state index contributed by atoms with van der Waals surface area (Å²) in [5.74, 6) is 1.17. The molecule has 4 aromatic rings. The molecule has 0 saturated heterocycles. The van der Waals surface area contributed by atoms with Gasteiger partial charge in [-0.25, -0.2) is 9.50 Å². The predicted octanol–water partition coefficient (Wildman–Crippen LogP) is 5.37. The Morgan fingerprint density at radius 1 is 1.00 bits per heavy atom. The van der Waals surface area contributed by atoms with Gasteiger partial charge in [0.05, 0.1) is 30.2 Å². The number of amides is 1. The molecule has 7 heteroatoms. The van der Waals surface area contributed by atoms with Crippen LogP contribution in [0.3, 0.4) is 0 Å². The fourth-order valence-electron chi connectivity index (χ4n) is 3.87. The number of hydrogen-bond donors (Lipinski definition) is 1. The van der Waals surface area contributed by atoms with Crippen molar-refractivity contribution >= 4 is 17.2 Å². The summed E-state index contributed by atoms with van der Waals surface area (Å²) in [6.45, 7) is 10.8. The number of ether oxygens (including phenoxy) is 2. The van der Waals surface area contributed by atoms with Crippen molar-refractivity contribution in [1.29, 1.82) is 0 Å². The zero-order valence-electron chi connectivity index (χ0n) is 19.6. The summed E-state index contributed by atoms with van der Waals surface area (Å²) in [5.41, 5.74) is 6.29. The minimum absolute atomic E-state index is 0.217. The Balaban J connectivity index is 1.75. The van der Waals surface area contributed by atoms with Gasteiger partial charge in [0.1, 0.15) is 0 Å². The average Bonchev–Trinajstić information content (AvgIpc) is 3.14. The summed E-state index contributed by atoms with van der Waals surface area (Å²) in [5, 5.41) is 7.67. The van der Waals surface area contributed by atoms with E-state index in [2.05, 4.69) is 10.3 Å². The van der Waals surface area contributed by atoms with Crippen molar-refractivity contribution in [1.82, 2.24) is 14.6 Å². The molecule has 0 unspecified atom stereocenters. The highest BCUT2D eigenvalue weighted by Gasteiger charge is 2.20. The largest absolute Gasteiger partial charge is 0.490 e. The fraction of sp³-hybridized carbons (Fsp3) is 0.269. The van der Waals surface area contributed by atoms with E-state index in [1.807, 2.05) is 77.1 Å². The van der Waals surface area contributed by atoms with Gasteiger partial charge >= 0.3 is 0 Å². The Labute approximate surface area is 193 Å². The molecule has 1 N–H and O–H groups in total. The number of nitrogens with one attached hydrogen (secondary N) is 1. The molecule has 0 radical (unpaired) electrons. The van der Waals surface area contributed by atoms with Gasteiger partial charge in [-0.05, 0) is 63.9 Å². The van der Waals surface area contributed by atoms with Crippen molar-refractivity contribution in [3.63, 3.8) is 0 Å². The van der Waals surface area contributed by atoms with Crippen molar-refractivity contribution < 1.29 is 14.3 Å². The van der Waals surface area contributed by atoms with Crippen LogP contribution in [0.25, 0.3) is 16.8 Å². The molecule has 1 amide bonds. The van der Waals surface area contributed by atoms with E-state index in [4.69, 9.17) is 14.6 Å². The molecule has 2 aromatic carbocycles. The molecule has 2 heterocycles. The van der Waals surface area contributed by atoms with Gasteiger partial charge < -0.3 is 14.8 Å². The Bertz CT molecular complexity index is 1330. The number of aryl methyl sites for hydroxylation is 3. The van der Waals surface area contributed by atoms with Crippen LogP contribution >= 0.6 is 0 Å². The monoisotopic (exact) mass is 444 g/mol. The van der Waals surface area contributed by atoms with Gasteiger partial charge in [0, 0.05) is 17.4 Å². The Hall–Kier alpha value is -3.87. The lowest BCUT2D eigenvalue weighted by Gasteiger charge is -2.13. The predicted molar refractivity (Wildman–Crippen MR) is 129 cm³/mol. The highest BCUT2D eigenvalue weighted by Crippen LogP contribution is 2.36. The topological polar surface area (TPSA) is 77.8 Å². The van der Waals surface area contributed by atoms with Crippen LogP contribution in [-0.4, -0.2) is 33.7 Å². The first kappa shape index (κ1) is 22.3. The summed E-state index contributed by atoms with van der Waals surface area (Å²) in [6, 6.07) is 13.5. The summed E-state index contributed by atoms with van der Waals surface area (Å²) >= 11 is 0. The molecule has 0 aliphatic carbocycles. The summed E-state index contributed by atoms with van der Waals surface area (Å²) in [6.07, 6.45) is 1.61. The van der Waals surface area contributed by atoms with Gasteiger partial charge in [0.25, 0.3) is 5.91 Å². The SMILES string of the molecule is CCOc1ccc(-c2c(C)nn3c(C)c(C(=O)Nc4ccccc4C)cnc23)cc1OCC. The van der Waals surface area contributed by atoms with Crippen LogP contribution in [0, 0.1) is 20.8 Å². The highest BCUT2D eigenvalue weighted by atomic mass is 16.5. The molecule has 0 spiro atoms. The number of carbonyl (C=O) groups is 1. The third-order valence-corrected chi connectivity index (χ3v) is 5.53. The number of benzene rings is 2. The number of para-hydroxylation sites is 1. The number of rotatable bonds is 7. The van der Waals surface area contributed by atoms with E-state index >= 15 is 0 Å². The molecule has 4 rings (SSSR count). The summed E-state index contributed by atoms with van der Waals surface area (Å²) < 4.78 is 13.2. The van der Waals surface area contributed by atoms with Crippen molar-refractivity contribution in [3.8, 4) is 22.6 Å². The Morgan fingerprint density at radius 2 is 1.73 bits per heavy atom. The zero-order valence-corrected chi connectivity index (χ0v) is 19.6. The minimum atomic E-state index is -0.217. The number of aromatic nitrogens is 3. The van der Waals surface area contributed by atoms with Gasteiger partial charge in [-0.1, -0.05) is 24.3 Å². The first-order valence-electron chi connectivity index (χ1n) is 11.1. The number of nitrogens with zero attached hydrogens (tertiary/aromatic N) is 3. The van der Waals surface area contributed by atoms with Gasteiger partial charge in [0.2, 0.25) is 0 Å². The molecule has 7 nitrogen and oxygen atoms in total. The lowest BCUT2D eigenvalue weighted by Crippen LogP contribution is -2.16. The zero-order chi connectivity index (χ0) is 23.5. The molecular formula is C26H28N4O3. The fourth-order valence-corrected chi connectivity index (χ4v) is 3.87. The number of carbonyl (C=O) groups excluding carboxylic acids is 1. The van der Waals surface area contributed by atoms with E-state index in [-0.39, 0.29) is 5.91 Å². The van der Waals surface area contributed by atoms with Gasteiger partial charge in [0.15, 0.2) is 17.1 Å². The number of hydrogen-bond acceptors (Lipinski definition) is 5. The van der Waals surface area contributed by atoms with Gasteiger partial charge in [-0.15, -0.1) is 0 Å². The second kappa shape index (κ2) is 9.32. The smallest absolute Gasteiger partial charge is 0.259 e. The molecular weight excluding hydrogens is 416 g/mol. The molecule has 0 bridgehead atoms. The van der Waals surface area contributed by atoms with Crippen LogP contribution in [0.1, 0.15) is 41.2 Å². The second-order valence-electron chi connectivity index (χ2n) is 7.75. The third-order valence-electron chi connectivity index (χ3n) is 5.53. The maximum absolute atomic E-state index is 13.0. The van der Waals surface area contributed by atoms with E-state index < -0.39 is 0 Å². The van der Waals surface area contributed by atoms with E-state index in [1.165, 1.54) is 0 Å². The van der Waals surface area contributed by atoms with Gasteiger partial charge in [-0.3, -0.25) is 4.79 Å². The molecule has 0 atom stereocenters. The van der Waals surface area contributed by atoms with E-state index in [1.54, 1.807) is 10.7 Å². The van der Waals surface area contributed by atoms with Crippen molar-refractivity contribution in [3.05, 3.63) is 71.2 Å². The van der Waals surface area contributed by atoms with Crippen LogP contribution in [0.15, 0.2) is 48.7 Å². The minimum Gasteiger partial charge on any atom is -0.490 e. The van der Waals surface area contributed by atoms with Crippen molar-refractivity contribution in [2.45, 2.75) is 34.6 Å². The molecule has 2 aromatic heterocycles. The summed E-state index contributed by atoms with van der Waals surface area (Å²) in [7, 11) is 0. The van der Waals surface area contributed by atoms with Gasteiger partial charge in [-0.2, -0.15) is 5.10 Å². The van der Waals surface area contributed by atoms with E-state index in [9.17, 15) is 4.79 Å². The van der Waals surface area contributed by atoms with E-state index in [0.717, 1.165) is 33.8 Å². The van der Waals surface area contributed by atoms with Crippen molar-refractivity contribution in [2.24, 2.45) is 0 Å².